The number of benzene rings is 2. The Balaban J connectivity index is 2.05. The van der Waals surface area contributed by atoms with Gasteiger partial charge in [-0.25, -0.2) is 4.98 Å². The zero-order valence-corrected chi connectivity index (χ0v) is 11.7. The number of hydrogen-bond acceptors (Lipinski definition) is 2. The van der Waals surface area contributed by atoms with Gasteiger partial charge in [-0.05, 0) is 22.4 Å². The largest absolute Gasteiger partial charge is 0.481 e. The molecule has 3 aromatic rings. The first-order valence-corrected chi connectivity index (χ1v) is 6.77. The molecule has 0 fully saturated rings. The van der Waals surface area contributed by atoms with E-state index < -0.39 is 0 Å². The Morgan fingerprint density at radius 2 is 1.75 bits per heavy atom. The van der Waals surface area contributed by atoms with E-state index in [2.05, 4.69) is 60.4 Å². The van der Waals surface area contributed by atoms with E-state index in [1.54, 1.807) is 13.3 Å². The van der Waals surface area contributed by atoms with Crippen molar-refractivity contribution < 1.29 is 4.74 Å². The lowest BCUT2D eigenvalue weighted by Crippen LogP contribution is -2.01. The summed E-state index contributed by atoms with van der Waals surface area (Å²) < 4.78 is 5.36. The Bertz CT molecular complexity index is 736. The smallest absolute Gasteiger partial charge is 0.216 e. The molecule has 20 heavy (non-hydrogen) atoms. The standard InChI is InChI=1S/C18H17NO/c1-13(17-8-5-11-19-18(17)20-2)15-10-9-14-6-3-4-7-16(14)12-15/h3-13H,1-2H3/t13-/m1/s1. The van der Waals surface area contributed by atoms with Crippen LogP contribution in [-0.2, 0) is 0 Å². The lowest BCUT2D eigenvalue weighted by atomic mass is 9.92. The highest BCUT2D eigenvalue weighted by atomic mass is 16.5. The average Bonchev–Trinajstić information content (AvgIpc) is 2.53. The van der Waals surface area contributed by atoms with Crippen LogP contribution in [0, 0.1) is 0 Å². The predicted molar refractivity (Wildman–Crippen MR) is 82.3 cm³/mol. The molecule has 0 N–H and O–H groups in total. The second kappa shape index (κ2) is 5.33. The quantitative estimate of drug-likeness (QED) is 0.699. The summed E-state index contributed by atoms with van der Waals surface area (Å²) in [5, 5.41) is 2.53. The maximum absolute atomic E-state index is 5.36. The van der Waals surface area contributed by atoms with Gasteiger partial charge in [0.25, 0.3) is 0 Å². The molecule has 3 rings (SSSR count). The van der Waals surface area contributed by atoms with Crippen LogP contribution in [0.15, 0.2) is 60.8 Å². The molecule has 2 aromatic carbocycles. The minimum Gasteiger partial charge on any atom is -0.481 e. The molecule has 100 valence electrons. The van der Waals surface area contributed by atoms with Gasteiger partial charge >= 0.3 is 0 Å². The van der Waals surface area contributed by atoms with Gasteiger partial charge in [0.1, 0.15) is 0 Å². The van der Waals surface area contributed by atoms with Crippen molar-refractivity contribution in [1.29, 1.82) is 0 Å². The number of aromatic nitrogens is 1. The second-order valence-electron chi connectivity index (χ2n) is 4.93. The molecule has 0 spiro atoms. The van der Waals surface area contributed by atoms with Crippen LogP contribution in [0.2, 0.25) is 0 Å². The van der Waals surface area contributed by atoms with Crippen LogP contribution >= 0.6 is 0 Å². The molecule has 0 aliphatic heterocycles. The first-order valence-electron chi connectivity index (χ1n) is 6.77. The summed E-state index contributed by atoms with van der Waals surface area (Å²) in [6, 6.07) is 19.0. The summed E-state index contributed by atoms with van der Waals surface area (Å²) in [6.45, 7) is 2.18. The van der Waals surface area contributed by atoms with E-state index in [-0.39, 0.29) is 5.92 Å². The second-order valence-corrected chi connectivity index (χ2v) is 4.93. The van der Waals surface area contributed by atoms with Gasteiger partial charge in [-0.15, -0.1) is 0 Å². The number of pyridine rings is 1. The average molecular weight is 263 g/mol. The van der Waals surface area contributed by atoms with Crippen LogP contribution in [0.3, 0.4) is 0 Å². The van der Waals surface area contributed by atoms with E-state index >= 15 is 0 Å². The van der Waals surface area contributed by atoms with Gasteiger partial charge in [0.05, 0.1) is 7.11 Å². The van der Waals surface area contributed by atoms with E-state index in [0.29, 0.717) is 5.88 Å². The molecule has 1 aromatic heterocycles. The SMILES string of the molecule is COc1ncccc1[C@H](C)c1ccc2ccccc2c1. The van der Waals surface area contributed by atoms with Crippen LogP contribution < -0.4 is 4.74 Å². The Morgan fingerprint density at radius 3 is 2.55 bits per heavy atom. The van der Waals surface area contributed by atoms with E-state index in [1.807, 2.05) is 6.07 Å². The van der Waals surface area contributed by atoms with Crippen LogP contribution in [0.25, 0.3) is 10.8 Å². The molecule has 0 amide bonds. The van der Waals surface area contributed by atoms with Gasteiger partial charge in [0.2, 0.25) is 5.88 Å². The summed E-state index contributed by atoms with van der Waals surface area (Å²) in [5.41, 5.74) is 2.39. The lowest BCUT2D eigenvalue weighted by molar-refractivity contribution is 0.391. The Hall–Kier alpha value is -2.35. The fourth-order valence-electron chi connectivity index (χ4n) is 2.56. The van der Waals surface area contributed by atoms with E-state index in [9.17, 15) is 0 Å². The van der Waals surface area contributed by atoms with Crippen molar-refractivity contribution in [2.24, 2.45) is 0 Å². The van der Waals surface area contributed by atoms with Crippen molar-refractivity contribution in [3.05, 3.63) is 71.9 Å². The third-order valence-corrected chi connectivity index (χ3v) is 3.73. The van der Waals surface area contributed by atoms with Gasteiger partial charge < -0.3 is 4.74 Å². The van der Waals surface area contributed by atoms with Crippen LogP contribution in [-0.4, -0.2) is 12.1 Å². The minimum atomic E-state index is 0.253. The maximum atomic E-state index is 5.36. The Labute approximate surface area is 119 Å². The summed E-state index contributed by atoms with van der Waals surface area (Å²) >= 11 is 0. The van der Waals surface area contributed by atoms with E-state index in [1.165, 1.54) is 16.3 Å². The van der Waals surface area contributed by atoms with Crippen molar-refractivity contribution in [2.45, 2.75) is 12.8 Å². The highest BCUT2D eigenvalue weighted by Gasteiger charge is 2.14. The number of rotatable bonds is 3. The Kier molecular flexibility index (Phi) is 3.38. The summed E-state index contributed by atoms with van der Waals surface area (Å²) in [6.07, 6.45) is 1.76. The monoisotopic (exact) mass is 263 g/mol. The number of methoxy groups -OCH3 is 1. The van der Waals surface area contributed by atoms with Gasteiger partial charge in [0, 0.05) is 17.7 Å². The molecule has 0 bridgehead atoms. The fraction of sp³-hybridized carbons (Fsp3) is 0.167. The van der Waals surface area contributed by atoms with E-state index in [0.717, 1.165) is 5.56 Å². The first kappa shape index (κ1) is 12.7. The fourth-order valence-corrected chi connectivity index (χ4v) is 2.56. The highest BCUT2D eigenvalue weighted by Crippen LogP contribution is 2.31. The zero-order valence-electron chi connectivity index (χ0n) is 11.7. The van der Waals surface area contributed by atoms with Gasteiger partial charge in [-0.3, -0.25) is 0 Å². The normalized spacial score (nSPS) is 12.3. The number of ether oxygens (including phenoxy) is 1. The van der Waals surface area contributed by atoms with Gasteiger partial charge in [0.15, 0.2) is 0 Å². The van der Waals surface area contributed by atoms with Crippen molar-refractivity contribution in [1.82, 2.24) is 4.98 Å². The summed E-state index contributed by atoms with van der Waals surface area (Å²) in [7, 11) is 1.67. The van der Waals surface area contributed by atoms with Crippen molar-refractivity contribution in [3.63, 3.8) is 0 Å². The molecule has 0 unspecified atom stereocenters. The molecular weight excluding hydrogens is 246 g/mol. The molecule has 2 nitrogen and oxygen atoms in total. The summed E-state index contributed by atoms with van der Waals surface area (Å²) in [4.78, 5) is 4.28. The molecule has 0 saturated carbocycles. The lowest BCUT2D eigenvalue weighted by Gasteiger charge is -2.15. The Morgan fingerprint density at radius 1 is 0.950 bits per heavy atom. The third kappa shape index (κ3) is 2.25. The topological polar surface area (TPSA) is 22.1 Å². The molecule has 0 saturated heterocycles. The summed E-state index contributed by atoms with van der Waals surface area (Å²) in [5.74, 6) is 0.955. The van der Waals surface area contributed by atoms with Gasteiger partial charge in [-0.2, -0.15) is 0 Å². The van der Waals surface area contributed by atoms with Crippen molar-refractivity contribution in [3.8, 4) is 5.88 Å². The molecule has 0 aliphatic rings. The minimum absolute atomic E-state index is 0.253. The molecule has 2 heteroatoms. The van der Waals surface area contributed by atoms with Gasteiger partial charge in [-0.1, -0.05) is 55.5 Å². The number of fused-ring (bicyclic) bond motifs is 1. The number of nitrogens with zero attached hydrogens (tertiary/aromatic N) is 1. The zero-order chi connectivity index (χ0) is 13.9. The van der Waals surface area contributed by atoms with E-state index in [4.69, 9.17) is 4.74 Å². The highest BCUT2D eigenvalue weighted by molar-refractivity contribution is 5.83. The predicted octanol–water partition coefficient (Wildman–Crippen LogP) is 4.40. The van der Waals surface area contributed by atoms with Crippen molar-refractivity contribution in [2.75, 3.05) is 7.11 Å². The third-order valence-electron chi connectivity index (χ3n) is 3.73. The molecule has 0 aliphatic carbocycles. The molecule has 1 atom stereocenters. The maximum Gasteiger partial charge on any atom is 0.216 e. The van der Waals surface area contributed by atoms with Crippen LogP contribution in [0.1, 0.15) is 24.0 Å². The molecular formula is C18H17NO. The van der Waals surface area contributed by atoms with Crippen LogP contribution in [0.4, 0.5) is 0 Å². The number of hydrogen-bond donors (Lipinski definition) is 0. The molecule has 0 radical (unpaired) electrons. The van der Waals surface area contributed by atoms with Crippen molar-refractivity contribution >= 4 is 10.8 Å². The first-order chi connectivity index (χ1) is 9.79. The molecule has 1 heterocycles. The van der Waals surface area contributed by atoms with Crippen LogP contribution in [0.5, 0.6) is 5.88 Å².